The first-order chi connectivity index (χ1) is 11.5. The lowest BCUT2D eigenvalue weighted by Gasteiger charge is -2.08. The van der Waals surface area contributed by atoms with Crippen LogP contribution in [0.25, 0.3) is 11.3 Å². The SMILES string of the molecule is Cc1sc(NC(=O)CCCN)nc1-c1ccc(OCC(C)C)cc1. The number of carbonyl (C=O) groups is 1. The third-order valence-electron chi connectivity index (χ3n) is 3.36. The molecule has 0 spiro atoms. The molecule has 0 atom stereocenters. The van der Waals surface area contributed by atoms with E-state index in [4.69, 9.17) is 10.5 Å². The van der Waals surface area contributed by atoms with Crippen molar-refractivity contribution < 1.29 is 9.53 Å². The first-order valence-corrected chi connectivity index (χ1v) is 9.01. The van der Waals surface area contributed by atoms with Gasteiger partial charge in [0.05, 0.1) is 12.3 Å². The number of ether oxygens (including phenoxy) is 1. The summed E-state index contributed by atoms with van der Waals surface area (Å²) in [6.07, 6.45) is 1.10. The number of carbonyl (C=O) groups excluding carboxylic acids is 1. The van der Waals surface area contributed by atoms with E-state index >= 15 is 0 Å². The van der Waals surface area contributed by atoms with E-state index in [1.54, 1.807) is 0 Å². The summed E-state index contributed by atoms with van der Waals surface area (Å²) >= 11 is 1.48. The minimum Gasteiger partial charge on any atom is -0.493 e. The summed E-state index contributed by atoms with van der Waals surface area (Å²) in [7, 11) is 0. The molecular weight excluding hydrogens is 322 g/mol. The molecule has 6 heteroatoms. The average molecular weight is 347 g/mol. The fraction of sp³-hybridized carbons (Fsp3) is 0.444. The van der Waals surface area contributed by atoms with Crippen LogP contribution in [0.4, 0.5) is 5.13 Å². The van der Waals surface area contributed by atoms with Crippen molar-refractivity contribution in [3.63, 3.8) is 0 Å². The second-order valence-corrected chi connectivity index (χ2v) is 7.30. The Morgan fingerprint density at radius 3 is 2.67 bits per heavy atom. The maximum absolute atomic E-state index is 11.8. The molecule has 1 heterocycles. The van der Waals surface area contributed by atoms with Gasteiger partial charge in [-0.05, 0) is 50.1 Å². The molecule has 2 aromatic rings. The first kappa shape index (κ1) is 18.4. The van der Waals surface area contributed by atoms with E-state index in [0.717, 1.165) is 21.9 Å². The van der Waals surface area contributed by atoms with Gasteiger partial charge in [0, 0.05) is 16.9 Å². The third kappa shape index (κ3) is 5.32. The zero-order valence-corrected chi connectivity index (χ0v) is 15.3. The van der Waals surface area contributed by atoms with Crippen LogP contribution < -0.4 is 15.8 Å². The van der Waals surface area contributed by atoms with Crippen LogP contribution in [-0.4, -0.2) is 24.0 Å². The normalized spacial score (nSPS) is 10.9. The molecule has 0 fully saturated rings. The maximum atomic E-state index is 11.8. The van der Waals surface area contributed by atoms with E-state index in [1.165, 1.54) is 11.3 Å². The Hall–Kier alpha value is -1.92. The molecule has 1 amide bonds. The second-order valence-electron chi connectivity index (χ2n) is 6.09. The van der Waals surface area contributed by atoms with Crippen molar-refractivity contribution in [3.8, 4) is 17.0 Å². The van der Waals surface area contributed by atoms with Crippen molar-refractivity contribution in [2.45, 2.75) is 33.6 Å². The van der Waals surface area contributed by atoms with Gasteiger partial charge in [0.2, 0.25) is 5.91 Å². The minimum absolute atomic E-state index is 0.0433. The molecule has 1 aromatic carbocycles. The number of anilines is 1. The van der Waals surface area contributed by atoms with Crippen LogP contribution in [0.3, 0.4) is 0 Å². The lowest BCUT2D eigenvalue weighted by Crippen LogP contribution is -2.13. The van der Waals surface area contributed by atoms with Gasteiger partial charge in [0.1, 0.15) is 5.75 Å². The highest BCUT2D eigenvalue weighted by molar-refractivity contribution is 7.16. The van der Waals surface area contributed by atoms with Gasteiger partial charge in [0.15, 0.2) is 5.13 Å². The number of thiazole rings is 1. The Kier molecular flexibility index (Phi) is 6.75. The van der Waals surface area contributed by atoms with Gasteiger partial charge in [-0.3, -0.25) is 4.79 Å². The zero-order valence-electron chi connectivity index (χ0n) is 14.5. The maximum Gasteiger partial charge on any atom is 0.226 e. The number of hydrogen-bond donors (Lipinski definition) is 2. The molecule has 0 aliphatic heterocycles. The standard InChI is InChI=1S/C18H25N3O2S/c1-12(2)11-23-15-8-6-14(7-9-15)17-13(3)24-18(21-17)20-16(22)5-4-10-19/h6-9,12H,4-5,10-11,19H2,1-3H3,(H,20,21,22). The van der Waals surface area contributed by atoms with Gasteiger partial charge in [0.25, 0.3) is 0 Å². The summed E-state index contributed by atoms with van der Waals surface area (Å²) in [5.74, 6) is 1.31. The van der Waals surface area contributed by atoms with Crippen molar-refractivity contribution in [1.82, 2.24) is 4.98 Å². The van der Waals surface area contributed by atoms with E-state index < -0.39 is 0 Å². The van der Waals surface area contributed by atoms with Crippen molar-refractivity contribution in [1.29, 1.82) is 0 Å². The second kappa shape index (κ2) is 8.80. The van der Waals surface area contributed by atoms with Crippen LogP contribution in [0.5, 0.6) is 5.75 Å². The number of nitrogens with zero attached hydrogens (tertiary/aromatic N) is 1. The molecule has 2 rings (SSSR count). The van der Waals surface area contributed by atoms with Gasteiger partial charge >= 0.3 is 0 Å². The van der Waals surface area contributed by atoms with Gasteiger partial charge in [-0.15, -0.1) is 11.3 Å². The summed E-state index contributed by atoms with van der Waals surface area (Å²) in [5, 5.41) is 3.47. The Morgan fingerprint density at radius 1 is 1.33 bits per heavy atom. The number of aromatic nitrogens is 1. The molecule has 0 saturated heterocycles. The fourth-order valence-electron chi connectivity index (χ4n) is 2.13. The molecule has 0 aliphatic carbocycles. The summed E-state index contributed by atoms with van der Waals surface area (Å²) in [6, 6.07) is 7.90. The highest BCUT2D eigenvalue weighted by Crippen LogP contribution is 2.31. The van der Waals surface area contributed by atoms with Crippen molar-refractivity contribution >= 4 is 22.4 Å². The molecular formula is C18H25N3O2S. The molecule has 3 N–H and O–H groups in total. The van der Waals surface area contributed by atoms with E-state index in [0.29, 0.717) is 37.0 Å². The molecule has 1 aromatic heterocycles. The molecule has 0 saturated carbocycles. The number of benzene rings is 1. The predicted octanol–water partition coefficient (Wildman–Crippen LogP) is 3.83. The number of rotatable bonds is 8. The van der Waals surface area contributed by atoms with Gasteiger partial charge in [-0.25, -0.2) is 4.98 Å². The van der Waals surface area contributed by atoms with Gasteiger partial charge < -0.3 is 15.8 Å². The van der Waals surface area contributed by atoms with Crippen molar-refractivity contribution in [2.24, 2.45) is 11.7 Å². The molecule has 0 aliphatic rings. The molecule has 24 heavy (non-hydrogen) atoms. The summed E-state index contributed by atoms with van der Waals surface area (Å²) in [6.45, 7) is 7.47. The first-order valence-electron chi connectivity index (χ1n) is 8.20. The topological polar surface area (TPSA) is 77.2 Å². The molecule has 5 nitrogen and oxygen atoms in total. The number of aryl methyl sites for hydroxylation is 1. The van der Waals surface area contributed by atoms with Crippen LogP contribution in [0.2, 0.25) is 0 Å². The van der Waals surface area contributed by atoms with Crippen LogP contribution in [0, 0.1) is 12.8 Å². The molecule has 0 unspecified atom stereocenters. The van der Waals surface area contributed by atoms with E-state index in [2.05, 4.69) is 24.1 Å². The largest absolute Gasteiger partial charge is 0.493 e. The zero-order chi connectivity index (χ0) is 17.5. The summed E-state index contributed by atoms with van der Waals surface area (Å²) < 4.78 is 5.70. The predicted molar refractivity (Wildman–Crippen MR) is 99.5 cm³/mol. The van der Waals surface area contributed by atoms with Crippen LogP contribution in [0.1, 0.15) is 31.6 Å². The summed E-state index contributed by atoms with van der Waals surface area (Å²) in [5.41, 5.74) is 7.33. The molecule has 0 radical (unpaired) electrons. The van der Waals surface area contributed by atoms with Crippen LogP contribution in [0.15, 0.2) is 24.3 Å². The minimum atomic E-state index is -0.0433. The lowest BCUT2D eigenvalue weighted by molar-refractivity contribution is -0.116. The fourth-order valence-corrected chi connectivity index (χ4v) is 2.99. The molecule has 130 valence electrons. The number of nitrogens with one attached hydrogen (secondary N) is 1. The molecule has 0 bridgehead atoms. The van der Waals surface area contributed by atoms with Crippen LogP contribution >= 0.6 is 11.3 Å². The van der Waals surface area contributed by atoms with E-state index in [9.17, 15) is 4.79 Å². The highest BCUT2D eigenvalue weighted by atomic mass is 32.1. The third-order valence-corrected chi connectivity index (χ3v) is 4.25. The number of nitrogens with two attached hydrogens (primary N) is 1. The summed E-state index contributed by atoms with van der Waals surface area (Å²) in [4.78, 5) is 17.4. The van der Waals surface area contributed by atoms with E-state index in [-0.39, 0.29) is 5.91 Å². The lowest BCUT2D eigenvalue weighted by atomic mass is 10.1. The monoisotopic (exact) mass is 347 g/mol. The van der Waals surface area contributed by atoms with E-state index in [1.807, 2.05) is 31.2 Å². The number of hydrogen-bond acceptors (Lipinski definition) is 5. The Bertz CT molecular complexity index is 665. The Morgan fingerprint density at radius 2 is 2.04 bits per heavy atom. The quantitative estimate of drug-likeness (QED) is 0.761. The Balaban J connectivity index is 2.05. The van der Waals surface area contributed by atoms with Crippen molar-refractivity contribution in [3.05, 3.63) is 29.1 Å². The van der Waals surface area contributed by atoms with Crippen molar-refractivity contribution in [2.75, 3.05) is 18.5 Å². The Labute approximate surface area is 147 Å². The van der Waals surface area contributed by atoms with Gasteiger partial charge in [-0.2, -0.15) is 0 Å². The number of amides is 1. The van der Waals surface area contributed by atoms with Gasteiger partial charge in [-0.1, -0.05) is 13.8 Å². The average Bonchev–Trinajstić information content (AvgIpc) is 2.91. The van der Waals surface area contributed by atoms with Crippen LogP contribution in [-0.2, 0) is 4.79 Å². The smallest absolute Gasteiger partial charge is 0.226 e. The highest BCUT2D eigenvalue weighted by Gasteiger charge is 2.12.